The van der Waals surface area contributed by atoms with Gasteiger partial charge in [0, 0.05) is 11.6 Å². The van der Waals surface area contributed by atoms with Crippen LogP contribution in [0.3, 0.4) is 0 Å². The fourth-order valence-electron chi connectivity index (χ4n) is 3.26. The summed E-state index contributed by atoms with van der Waals surface area (Å²) < 4.78 is 32.9. The second-order valence-electron chi connectivity index (χ2n) is 7.60. The maximum Gasteiger partial charge on any atom is 0.264 e. The van der Waals surface area contributed by atoms with E-state index in [0.29, 0.717) is 17.3 Å². The first-order valence-corrected chi connectivity index (χ1v) is 12.4. The van der Waals surface area contributed by atoms with Crippen molar-refractivity contribution in [1.29, 1.82) is 0 Å². The van der Waals surface area contributed by atoms with Crippen LogP contribution >= 0.6 is 11.6 Å². The molecule has 3 aromatic carbocycles. The van der Waals surface area contributed by atoms with Crippen LogP contribution in [0.15, 0.2) is 77.7 Å². The lowest BCUT2D eigenvalue weighted by atomic mass is 10.1. The molecule has 0 heterocycles. The molecule has 0 aliphatic heterocycles. The number of ether oxygens (including phenoxy) is 1. The quantitative estimate of drug-likeness (QED) is 0.425. The second kappa shape index (κ2) is 11.2. The van der Waals surface area contributed by atoms with Crippen molar-refractivity contribution in [3.63, 3.8) is 0 Å². The third-order valence-corrected chi connectivity index (χ3v) is 7.17. The lowest BCUT2D eigenvalue weighted by molar-refractivity contribution is -0.119. The molecule has 0 aliphatic rings. The summed E-state index contributed by atoms with van der Waals surface area (Å²) in [7, 11) is -2.33. The zero-order valence-electron chi connectivity index (χ0n) is 18.6. The van der Waals surface area contributed by atoms with E-state index >= 15 is 0 Å². The molecule has 1 N–H and O–H groups in total. The Labute approximate surface area is 200 Å². The summed E-state index contributed by atoms with van der Waals surface area (Å²) in [6, 6.07) is 20.7. The van der Waals surface area contributed by atoms with Crippen molar-refractivity contribution in [2.45, 2.75) is 24.7 Å². The van der Waals surface area contributed by atoms with E-state index in [1.165, 1.54) is 24.3 Å². The monoisotopic (exact) mass is 486 g/mol. The summed E-state index contributed by atoms with van der Waals surface area (Å²) in [5.74, 6) is 0.424. The molecule has 3 aromatic rings. The molecule has 0 atom stereocenters. The van der Waals surface area contributed by atoms with Crippen LogP contribution in [0.25, 0.3) is 0 Å². The fraction of sp³-hybridized carbons (Fsp3) is 0.240. The van der Waals surface area contributed by atoms with Crippen molar-refractivity contribution < 1.29 is 17.9 Å². The van der Waals surface area contributed by atoms with E-state index in [2.05, 4.69) is 5.32 Å². The average Bonchev–Trinajstić information content (AvgIpc) is 2.81. The molecule has 3 rings (SSSR count). The molecule has 0 saturated heterocycles. The van der Waals surface area contributed by atoms with Gasteiger partial charge < -0.3 is 10.1 Å². The number of rotatable bonds is 10. The highest BCUT2D eigenvalue weighted by Crippen LogP contribution is 2.25. The molecule has 0 unspecified atom stereocenters. The predicted octanol–water partition coefficient (Wildman–Crippen LogP) is 4.60. The van der Waals surface area contributed by atoms with Crippen molar-refractivity contribution in [3.05, 3.63) is 88.9 Å². The number of anilines is 1. The number of hydrogen-bond donors (Lipinski definition) is 1. The van der Waals surface area contributed by atoms with Gasteiger partial charge in [0.1, 0.15) is 12.3 Å². The van der Waals surface area contributed by atoms with Crippen molar-refractivity contribution in [2.75, 3.05) is 24.5 Å². The van der Waals surface area contributed by atoms with Crippen molar-refractivity contribution in [2.24, 2.45) is 0 Å². The van der Waals surface area contributed by atoms with Gasteiger partial charge in [0.2, 0.25) is 5.91 Å². The Hall–Kier alpha value is -3.03. The highest BCUT2D eigenvalue weighted by molar-refractivity contribution is 7.92. The molecule has 0 fully saturated rings. The van der Waals surface area contributed by atoms with Crippen molar-refractivity contribution in [1.82, 2.24) is 5.32 Å². The summed E-state index contributed by atoms with van der Waals surface area (Å²) in [4.78, 5) is 12.7. The van der Waals surface area contributed by atoms with E-state index < -0.39 is 10.0 Å². The number of methoxy groups -OCH3 is 1. The molecule has 33 heavy (non-hydrogen) atoms. The molecule has 0 bridgehead atoms. The van der Waals surface area contributed by atoms with Crippen molar-refractivity contribution in [3.8, 4) is 5.75 Å². The van der Waals surface area contributed by atoms with Crippen LogP contribution in [0.2, 0.25) is 5.02 Å². The number of carbonyl (C=O) groups excluding carboxylic acids is 1. The minimum absolute atomic E-state index is 0.0692. The van der Waals surface area contributed by atoms with Crippen LogP contribution in [0.1, 0.15) is 17.5 Å². The summed E-state index contributed by atoms with van der Waals surface area (Å²) in [5.41, 5.74) is 2.55. The maximum atomic E-state index is 13.3. The molecule has 0 spiro atoms. The predicted molar refractivity (Wildman–Crippen MR) is 131 cm³/mol. The third kappa shape index (κ3) is 6.73. The third-order valence-electron chi connectivity index (χ3n) is 5.13. The van der Waals surface area contributed by atoms with Crippen LogP contribution in [0.4, 0.5) is 5.69 Å². The standard InChI is InChI=1S/C25H27ClN2O4S/c1-19-5-11-22(12-6-19)28(33(30,31)24-15-9-21(26)10-16-24)18-25(29)27-17-3-4-20-7-13-23(32-2)14-8-20/h5-16H,3-4,17-18H2,1-2H3,(H,27,29). The number of nitrogens with zero attached hydrogens (tertiary/aromatic N) is 1. The molecule has 6 nitrogen and oxygen atoms in total. The number of amides is 1. The normalized spacial score (nSPS) is 11.1. The van der Waals surface area contributed by atoms with Gasteiger partial charge >= 0.3 is 0 Å². The van der Waals surface area contributed by atoms with Gasteiger partial charge in [0.15, 0.2) is 0 Å². The number of nitrogens with one attached hydrogen (secondary N) is 1. The second-order valence-corrected chi connectivity index (χ2v) is 9.90. The Morgan fingerprint density at radius 3 is 2.21 bits per heavy atom. The van der Waals surface area contributed by atoms with Crippen LogP contribution in [-0.4, -0.2) is 34.5 Å². The minimum Gasteiger partial charge on any atom is -0.497 e. The van der Waals surface area contributed by atoms with Gasteiger partial charge in [0.25, 0.3) is 10.0 Å². The van der Waals surface area contributed by atoms with Crippen molar-refractivity contribution >= 4 is 33.2 Å². The SMILES string of the molecule is COc1ccc(CCCNC(=O)CN(c2ccc(C)cc2)S(=O)(=O)c2ccc(Cl)cc2)cc1. The number of benzene rings is 3. The van der Waals surface area contributed by atoms with E-state index in [4.69, 9.17) is 16.3 Å². The Balaban J connectivity index is 1.67. The number of sulfonamides is 1. The van der Waals surface area contributed by atoms with Gasteiger partial charge in [-0.2, -0.15) is 0 Å². The highest BCUT2D eigenvalue weighted by atomic mass is 35.5. The first kappa shape index (κ1) is 24.6. The number of aryl methyl sites for hydroxylation is 2. The van der Waals surface area contributed by atoms with E-state index in [-0.39, 0.29) is 17.3 Å². The first-order valence-electron chi connectivity index (χ1n) is 10.5. The smallest absolute Gasteiger partial charge is 0.264 e. The Kier molecular flexibility index (Phi) is 8.36. The van der Waals surface area contributed by atoms with Crippen LogP contribution in [0.5, 0.6) is 5.75 Å². The fourth-order valence-corrected chi connectivity index (χ4v) is 4.81. The van der Waals surface area contributed by atoms with E-state index in [1.54, 1.807) is 19.2 Å². The number of halogens is 1. The number of carbonyl (C=O) groups is 1. The zero-order chi connectivity index (χ0) is 23.8. The largest absolute Gasteiger partial charge is 0.497 e. The van der Waals surface area contributed by atoms with E-state index in [0.717, 1.165) is 34.0 Å². The topological polar surface area (TPSA) is 75.7 Å². The van der Waals surface area contributed by atoms with Crippen LogP contribution in [0, 0.1) is 6.92 Å². The summed E-state index contributed by atoms with van der Waals surface area (Å²) in [5, 5.41) is 3.26. The molecule has 174 valence electrons. The van der Waals surface area contributed by atoms with Gasteiger partial charge in [-0.05, 0) is 73.9 Å². The Morgan fingerprint density at radius 1 is 0.970 bits per heavy atom. The van der Waals surface area contributed by atoms with Crippen LogP contribution < -0.4 is 14.4 Å². The van der Waals surface area contributed by atoms with Gasteiger partial charge in [-0.25, -0.2) is 8.42 Å². The lowest BCUT2D eigenvalue weighted by Gasteiger charge is -2.24. The molecule has 1 amide bonds. The molecule has 8 heteroatoms. The van der Waals surface area contributed by atoms with Gasteiger partial charge in [0.05, 0.1) is 17.7 Å². The number of hydrogen-bond acceptors (Lipinski definition) is 4. The summed E-state index contributed by atoms with van der Waals surface area (Å²) in [6.45, 7) is 2.03. The molecular formula is C25H27ClN2O4S. The average molecular weight is 487 g/mol. The molecule has 0 aliphatic carbocycles. The van der Waals surface area contributed by atoms with E-state index in [9.17, 15) is 13.2 Å². The summed E-state index contributed by atoms with van der Waals surface area (Å²) in [6.07, 6.45) is 1.52. The molecule has 0 saturated carbocycles. The maximum absolute atomic E-state index is 13.3. The molecular weight excluding hydrogens is 460 g/mol. The van der Waals surface area contributed by atoms with Gasteiger partial charge in [-0.1, -0.05) is 41.4 Å². The van der Waals surface area contributed by atoms with Gasteiger partial charge in [-0.3, -0.25) is 9.10 Å². The Bertz CT molecular complexity index is 1160. The van der Waals surface area contributed by atoms with Crippen LogP contribution in [-0.2, 0) is 21.2 Å². The summed E-state index contributed by atoms with van der Waals surface area (Å²) >= 11 is 5.91. The minimum atomic E-state index is -3.96. The molecule has 0 aromatic heterocycles. The highest BCUT2D eigenvalue weighted by Gasteiger charge is 2.27. The first-order chi connectivity index (χ1) is 15.8. The molecule has 0 radical (unpaired) electrons. The lowest BCUT2D eigenvalue weighted by Crippen LogP contribution is -2.41. The van der Waals surface area contributed by atoms with Gasteiger partial charge in [-0.15, -0.1) is 0 Å². The Morgan fingerprint density at radius 2 is 1.61 bits per heavy atom. The van der Waals surface area contributed by atoms with E-state index in [1.807, 2.05) is 43.3 Å². The zero-order valence-corrected chi connectivity index (χ0v) is 20.2.